The highest BCUT2D eigenvalue weighted by atomic mass is 35.5. The van der Waals surface area contributed by atoms with Gasteiger partial charge in [-0.15, -0.1) is 0 Å². The lowest BCUT2D eigenvalue weighted by Crippen LogP contribution is -2.62. The summed E-state index contributed by atoms with van der Waals surface area (Å²) in [5.74, 6) is 0.879. The smallest absolute Gasteiger partial charge is 0.0634 e. The molecular weight excluding hydrogens is 270 g/mol. The zero-order valence-electron chi connectivity index (χ0n) is 12.4. The summed E-state index contributed by atoms with van der Waals surface area (Å²) < 4.78 is 0. The molecule has 2 fully saturated rings. The normalized spacial score (nSPS) is 31.4. The topological polar surface area (TPSA) is 28.2 Å². The van der Waals surface area contributed by atoms with Gasteiger partial charge in [-0.1, -0.05) is 18.5 Å². The van der Waals surface area contributed by atoms with E-state index in [1.54, 1.807) is 6.20 Å². The van der Waals surface area contributed by atoms with Crippen molar-refractivity contribution in [3.8, 4) is 0 Å². The van der Waals surface area contributed by atoms with Crippen LogP contribution in [0.1, 0.15) is 38.7 Å². The third-order valence-corrected chi connectivity index (χ3v) is 5.28. The molecule has 0 bridgehead atoms. The molecule has 0 amide bonds. The lowest BCUT2D eigenvalue weighted by atomic mass is 9.92. The number of aromatic nitrogens is 1. The Bertz CT molecular complexity index is 475. The molecule has 1 N–H and O–H groups in total. The van der Waals surface area contributed by atoms with Gasteiger partial charge in [0.25, 0.3) is 0 Å². The van der Waals surface area contributed by atoms with E-state index in [0.717, 1.165) is 37.0 Å². The molecule has 2 atom stereocenters. The van der Waals surface area contributed by atoms with Crippen molar-refractivity contribution in [2.24, 2.45) is 5.92 Å². The van der Waals surface area contributed by atoms with Crippen molar-refractivity contribution in [2.45, 2.75) is 51.2 Å². The summed E-state index contributed by atoms with van der Waals surface area (Å²) in [7, 11) is 0. The second-order valence-electron chi connectivity index (χ2n) is 6.57. The average molecular weight is 294 g/mol. The molecule has 1 saturated heterocycles. The van der Waals surface area contributed by atoms with Gasteiger partial charge in [-0.05, 0) is 43.7 Å². The summed E-state index contributed by atoms with van der Waals surface area (Å²) in [4.78, 5) is 6.72. The Labute approximate surface area is 126 Å². The molecule has 2 heterocycles. The summed E-state index contributed by atoms with van der Waals surface area (Å²) in [6, 6.07) is 2.72. The maximum atomic E-state index is 6.29. The molecule has 110 valence electrons. The van der Waals surface area contributed by atoms with E-state index >= 15 is 0 Å². The maximum Gasteiger partial charge on any atom is 0.0634 e. The minimum absolute atomic E-state index is 0.227. The SMILES string of the molecule is CCC1(C)CN(Cc2ccncc2Cl)C(C2CC2)CN1. The monoisotopic (exact) mass is 293 g/mol. The number of pyridine rings is 1. The Morgan fingerprint density at radius 1 is 1.50 bits per heavy atom. The summed E-state index contributed by atoms with van der Waals surface area (Å²) in [5, 5.41) is 4.55. The predicted octanol–water partition coefficient (Wildman–Crippen LogP) is 3.09. The molecule has 2 unspecified atom stereocenters. The highest BCUT2D eigenvalue weighted by Gasteiger charge is 2.41. The zero-order valence-corrected chi connectivity index (χ0v) is 13.2. The minimum atomic E-state index is 0.227. The fourth-order valence-corrected chi connectivity index (χ4v) is 3.39. The van der Waals surface area contributed by atoms with Crippen LogP contribution in [0.15, 0.2) is 18.5 Å². The van der Waals surface area contributed by atoms with Crippen LogP contribution in [-0.2, 0) is 6.54 Å². The molecule has 1 aromatic rings. The molecule has 3 rings (SSSR count). The van der Waals surface area contributed by atoms with E-state index in [1.807, 2.05) is 6.20 Å². The lowest BCUT2D eigenvalue weighted by molar-refractivity contribution is 0.0662. The van der Waals surface area contributed by atoms with Crippen molar-refractivity contribution >= 4 is 11.6 Å². The molecule has 3 nitrogen and oxygen atoms in total. The van der Waals surface area contributed by atoms with Gasteiger partial charge in [0, 0.05) is 43.6 Å². The third-order valence-electron chi connectivity index (χ3n) is 4.94. The number of halogens is 1. The number of hydrogen-bond acceptors (Lipinski definition) is 3. The van der Waals surface area contributed by atoms with Gasteiger partial charge in [-0.25, -0.2) is 0 Å². The van der Waals surface area contributed by atoms with Gasteiger partial charge in [-0.2, -0.15) is 0 Å². The number of nitrogens with one attached hydrogen (secondary N) is 1. The molecule has 20 heavy (non-hydrogen) atoms. The van der Waals surface area contributed by atoms with Crippen LogP contribution in [0.3, 0.4) is 0 Å². The summed E-state index contributed by atoms with van der Waals surface area (Å²) in [5.41, 5.74) is 1.43. The average Bonchev–Trinajstić information content (AvgIpc) is 3.26. The first kappa shape index (κ1) is 14.3. The second-order valence-corrected chi connectivity index (χ2v) is 6.98. The number of rotatable bonds is 4. The highest BCUT2D eigenvalue weighted by molar-refractivity contribution is 6.31. The van der Waals surface area contributed by atoms with Crippen molar-refractivity contribution in [3.63, 3.8) is 0 Å². The molecule has 1 aromatic heterocycles. The predicted molar refractivity (Wildman–Crippen MR) is 82.9 cm³/mol. The quantitative estimate of drug-likeness (QED) is 0.925. The van der Waals surface area contributed by atoms with Gasteiger partial charge in [-0.3, -0.25) is 9.88 Å². The molecular formula is C16H24ClN3. The molecule has 0 spiro atoms. The first-order valence-electron chi connectivity index (χ1n) is 7.69. The van der Waals surface area contributed by atoms with E-state index in [1.165, 1.54) is 18.4 Å². The van der Waals surface area contributed by atoms with Gasteiger partial charge < -0.3 is 5.32 Å². The summed E-state index contributed by atoms with van der Waals surface area (Å²) >= 11 is 6.29. The van der Waals surface area contributed by atoms with Crippen molar-refractivity contribution in [3.05, 3.63) is 29.0 Å². The van der Waals surface area contributed by atoms with Crippen molar-refractivity contribution in [1.29, 1.82) is 0 Å². The molecule has 1 aliphatic carbocycles. The Morgan fingerprint density at radius 3 is 2.95 bits per heavy atom. The molecule has 1 saturated carbocycles. The van der Waals surface area contributed by atoms with E-state index in [2.05, 4.69) is 35.1 Å². The van der Waals surface area contributed by atoms with Crippen molar-refractivity contribution in [1.82, 2.24) is 15.2 Å². The third kappa shape index (κ3) is 3.00. The molecule has 2 aliphatic rings. The minimum Gasteiger partial charge on any atom is -0.309 e. The standard InChI is InChI=1S/C16H24ClN3/c1-3-16(2)11-20(15(9-19-16)12-4-5-12)10-13-6-7-18-8-14(13)17/h6-8,12,15,19H,3-5,9-11H2,1-2H3. The van der Waals surface area contributed by atoms with Crippen LogP contribution >= 0.6 is 11.6 Å². The van der Waals surface area contributed by atoms with Crippen LogP contribution in [-0.4, -0.2) is 34.6 Å². The van der Waals surface area contributed by atoms with Crippen LogP contribution in [0.25, 0.3) is 0 Å². The Morgan fingerprint density at radius 2 is 2.30 bits per heavy atom. The molecule has 0 radical (unpaired) electrons. The molecule has 4 heteroatoms. The van der Waals surface area contributed by atoms with E-state index in [0.29, 0.717) is 6.04 Å². The molecule has 1 aliphatic heterocycles. The van der Waals surface area contributed by atoms with Crippen LogP contribution < -0.4 is 5.32 Å². The Balaban J connectivity index is 1.77. The fourth-order valence-electron chi connectivity index (χ4n) is 3.21. The van der Waals surface area contributed by atoms with E-state index in [-0.39, 0.29) is 5.54 Å². The van der Waals surface area contributed by atoms with E-state index in [9.17, 15) is 0 Å². The second kappa shape index (κ2) is 5.63. The van der Waals surface area contributed by atoms with Crippen molar-refractivity contribution < 1.29 is 0 Å². The van der Waals surface area contributed by atoms with Gasteiger partial charge in [0.2, 0.25) is 0 Å². The Kier molecular flexibility index (Phi) is 4.02. The number of hydrogen-bond donors (Lipinski definition) is 1. The lowest BCUT2D eigenvalue weighted by Gasteiger charge is -2.46. The highest BCUT2D eigenvalue weighted by Crippen LogP contribution is 2.38. The van der Waals surface area contributed by atoms with Gasteiger partial charge in [0.15, 0.2) is 0 Å². The largest absolute Gasteiger partial charge is 0.309 e. The van der Waals surface area contributed by atoms with Crippen LogP contribution in [0.4, 0.5) is 0 Å². The Hall–Kier alpha value is -0.640. The summed E-state index contributed by atoms with van der Waals surface area (Å²) in [6.07, 6.45) is 7.52. The number of nitrogens with zero attached hydrogens (tertiary/aromatic N) is 2. The maximum absolute atomic E-state index is 6.29. The summed E-state index contributed by atoms with van der Waals surface area (Å²) in [6.45, 7) is 7.75. The van der Waals surface area contributed by atoms with Crippen molar-refractivity contribution in [2.75, 3.05) is 13.1 Å². The van der Waals surface area contributed by atoms with E-state index in [4.69, 9.17) is 11.6 Å². The van der Waals surface area contributed by atoms with Gasteiger partial charge in [0.1, 0.15) is 0 Å². The zero-order chi connectivity index (χ0) is 14.2. The molecule has 0 aromatic carbocycles. The first-order chi connectivity index (χ1) is 9.61. The van der Waals surface area contributed by atoms with Gasteiger partial charge >= 0.3 is 0 Å². The van der Waals surface area contributed by atoms with E-state index < -0.39 is 0 Å². The van der Waals surface area contributed by atoms with Crippen LogP contribution in [0.2, 0.25) is 5.02 Å². The van der Waals surface area contributed by atoms with Crippen LogP contribution in [0, 0.1) is 5.92 Å². The number of piperazine rings is 1. The first-order valence-corrected chi connectivity index (χ1v) is 8.06. The van der Waals surface area contributed by atoms with Gasteiger partial charge in [0.05, 0.1) is 5.02 Å². The fraction of sp³-hybridized carbons (Fsp3) is 0.688. The van der Waals surface area contributed by atoms with Crippen LogP contribution in [0.5, 0.6) is 0 Å².